The zero-order valence-electron chi connectivity index (χ0n) is 46.7. The van der Waals surface area contributed by atoms with E-state index in [9.17, 15) is 138 Å². The second kappa shape index (κ2) is 32.9. The summed E-state index contributed by atoms with van der Waals surface area (Å²) in [4.78, 5) is 0. The van der Waals surface area contributed by atoms with Gasteiger partial charge >= 0.3 is 0 Å². The first kappa shape index (κ1) is 74.8. The molecule has 7 fully saturated rings. The van der Waals surface area contributed by atoms with Gasteiger partial charge in [0.15, 0.2) is 44.0 Å². The van der Waals surface area contributed by atoms with Crippen molar-refractivity contribution in [2.45, 2.75) is 239 Å². The maximum absolute atomic E-state index is 11.4. The summed E-state index contributed by atoms with van der Waals surface area (Å²) in [5.41, 5.74) is 0. The number of aliphatic hydroxyl groups is 27. The number of hydrogen-bond donors (Lipinski definition) is 27. The van der Waals surface area contributed by atoms with Gasteiger partial charge in [-0.15, -0.1) is 0 Å². The molecule has 0 unspecified atom stereocenters. The molecule has 0 aromatic carbocycles. The molecule has 7 aliphatic rings. The molecule has 0 radical (unpaired) electrons. The van der Waals surface area contributed by atoms with Crippen molar-refractivity contribution in [3.63, 3.8) is 0 Å². The molecule has 41 heteroatoms. The normalized spacial score (nSPS) is 49.9. The molecule has 0 spiro atoms. The number of hydrogen-bond acceptors (Lipinski definition) is 41. The van der Waals surface area contributed by atoms with Crippen LogP contribution in [0.25, 0.3) is 0 Å². The molecule has 0 bridgehead atoms. The van der Waals surface area contributed by atoms with Crippen LogP contribution in [0.5, 0.6) is 0 Å². The smallest absolute Gasteiger partial charge is 0.187 e. The minimum atomic E-state index is -2.25. The van der Waals surface area contributed by atoms with Crippen molar-refractivity contribution in [2.24, 2.45) is 0 Å². The van der Waals surface area contributed by atoms with Crippen LogP contribution < -0.4 is 0 Å². The van der Waals surface area contributed by atoms with Crippen LogP contribution in [-0.4, -0.2) is 437 Å². The van der Waals surface area contributed by atoms with Gasteiger partial charge in [0.1, 0.15) is 195 Å². The Morgan fingerprint density at radius 3 is 0.831 bits per heavy atom. The summed E-state index contributed by atoms with van der Waals surface area (Å²) >= 11 is 0. The highest BCUT2D eigenvalue weighted by atomic mass is 16.8. The van der Waals surface area contributed by atoms with Gasteiger partial charge in [0.25, 0.3) is 0 Å². The van der Waals surface area contributed by atoms with Gasteiger partial charge in [0, 0.05) is 0 Å². The Morgan fingerprint density at radius 2 is 0.506 bits per heavy atom. The highest BCUT2D eigenvalue weighted by molar-refractivity contribution is 5.00. The summed E-state index contributed by atoms with van der Waals surface area (Å²) in [5, 5.41) is 285. The Kier molecular flexibility index (Phi) is 27.6. The first-order valence-electron chi connectivity index (χ1n) is 28.1. The van der Waals surface area contributed by atoms with Crippen LogP contribution in [0.3, 0.4) is 0 Å². The van der Waals surface area contributed by atoms with E-state index < -0.39 is 299 Å². The molecule has 7 heterocycles. The van der Waals surface area contributed by atoms with Crippen LogP contribution in [-0.2, 0) is 66.3 Å². The molecule has 0 saturated carbocycles. The molecule has 0 aliphatic carbocycles. The second-order valence-corrected chi connectivity index (χ2v) is 22.2. The van der Waals surface area contributed by atoms with Gasteiger partial charge in [-0.2, -0.15) is 0 Å². The van der Waals surface area contributed by atoms with Gasteiger partial charge in [0.05, 0.1) is 59.5 Å². The number of ether oxygens (including phenoxy) is 14. The topological polar surface area (TPSA) is 675 Å². The zero-order chi connectivity index (χ0) is 65.8. The first-order valence-corrected chi connectivity index (χ1v) is 28.1. The SMILES string of the molecule is OC[C@@H](O)[C@@H](O[C@H]1O[C@H](CO)[C@@H](O[C@H]2O[C@H](CO[C@H]3O[C@H](CO)[C@@H](O[C@H]4O[C@H](CO)[C@@H](O[C@H]5O[C@H](CO)[C@@H](O[C@H]6O[C@H](CO[C@H]7O[C@H](CO)[C@@H](O)[C@H](O)[C@H]7O)[C@@H](O)[C@H](O)[C@H]6O)[C@H](O)[C@H]5O)[C@H](O)[C@H]4O)[C@H](O)[C@H]3O)[C@@H](O)[C@H](O)[C@H]2O)[C@H](O)[C@H]1O)[C@H](O)[C@@H](O)CO. The fraction of sp³-hybridized carbons (Fsp3) is 1.00. The lowest BCUT2D eigenvalue weighted by molar-refractivity contribution is -0.391. The van der Waals surface area contributed by atoms with Gasteiger partial charge in [-0.1, -0.05) is 0 Å². The fourth-order valence-corrected chi connectivity index (χ4v) is 10.9. The largest absolute Gasteiger partial charge is 0.394 e. The summed E-state index contributed by atoms with van der Waals surface area (Å²) < 4.78 is 77.8. The number of rotatable bonds is 26. The molecule has 522 valence electrons. The third-order valence-electron chi connectivity index (χ3n) is 16.3. The maximum Gasteiger partial charge on any atom is 0.187 e. The quantitative estimate of drug-likeness (QED) is 0.0382. The third kappa shape index (κ3) is 16.3. The van der Waals surface area contributed by atoms with Crippen molar-refractivity contribution < 1.29 is 204 Å². The summed E-state index contributed by atoms with van der Waals surface area (Å²) in [6.45, 7) is -8.92. The van der Waals surface area contributed by atoms with Gasteiger partial charge < -0.3 is 204 Å². The van der Waals surface area contributed by atoms with Gasteiger partial charge in [0.2, 0.25) is 0 Å². The molecular formula is C48H84O41. The third-order valence-corrected chi connectivity index (χ3v) is 16.3. The molecule has 41 nitrogen and oxygen atoms in total. The van der Waals surface area contributed by atoms with Crippen LogP contribution in [0.2, 0.25) is 0 Å². The Bertz CT molecular complexity index is 2070. The fourth-order valence-electron chi connectivity index (χ4n) is 10.9. The minimum absolute atomic E-state index is 0.785. The monoisotopic (exact) mass is 1320 g/mol. The van der Waals surface area contributed by atoms with Gasteiger partial charge in [-0.25, -0.2) is 0 Å². The minimum Gasteiger partial charge on any atom is -0.394 e. The molecule has 0 amide bonds. The van der Waals surface area contributed by atoms with E-state index in [0.29, 0.717) is 0 Å². The molecular weight excluding hydrogens is 1230 g/mol. The molecule has 0 aromatic rings. The zero-order valence-corrected chi connectivity index (χ0v) is 46.7. The average molecular weight is 1320 g/mol. The predicted molar refractivity (Wildman–Crippen MR) is 267 cm³/mol. The van der Waals surface area contributed by atoms with Gasteiger partial charge in [-0.05, 0) is 0 Å². The molecule has 89 heavy (non-hydrogen) atoms. The summed E-state index contributed by atoms with van der Waals surface area (Å²) in [6.07, 6.45) is -77.1. The molecule has 7 saturated heterocycles. The Balaban J connectivity index is 0.929. The van der Waals surface area contributed by atoms with E-state index in [1.807, 2.05) is 0 Å². The molecule has 7 aliphatic heterocycles. The molecule has 39 atom stereocenters. The lowest BCUT2D eigenvalue weighted by Crippen LogP contribution is -2.67. The van der Waals surface area contributed by atoms with E-state index in [1.165, 1.54) is 0 Å². The lowest BCUT2D eigenvalue weighted by atomic mass is 9.95. The van der Waals surface area contributed by atoms with Crippen molar-refractivity contribution in [3.05, 3.63) is 0 Å². The Labute approximate surface area is 502 Å². The van der Waals surface area contributed by atoms with E-state index >= 15 is 0 Å². The van der Waals surface area contributed by atoms with E-state index in [2.05, 4.69) is 0 Å². The highest BCUT2D eigenvalue weighted by Crippen LogP contribution is 2.37. The second-order valence-electron chi connectivity index (χ2n) is 22.2. The maximum atomic E-state index is 11.4. The average Bonchev–Trinajstić information content (AvgIpc) is 0.906. The predicted octanol–water partition coefficient (Wildman–Crippen LogP) is -18.8. The van der Waals surface area contributed by atoms with E-state index in [1.54, 1.807) is 0 Å². The van der Waals surface area contributed by atoms with Crippen LogP contribution in [0.1, 0.15) is 0 Å². The molecule has 7 rings (SSSR count). The van der Waals surface area contributed by atoms with Crippen molar-refractivity contribution in [2.75, 3.05) is 59.5 Å². The summed E-state index contributed by atoms with van der Waals surface area (Å²) in [7, 11) is 0. The molecule has 0 aromatic heterocycles. The number of aliphatic hydroxyl groups excluding tert-OH is 27. The Morgan fingerprint density at radius 1 is 0.258 bits per heavy atom. The van der Waals surface area contributed by atoms with E-state index in [0.717, 1.165) is 0 Å². The lowest BCUT2D eigenvalue weighted by Gasteiger charge is -2.49. The Hall–Kier alpha value is -1.64. The van der Waals surface area contributed by atoms with Gasteiger partial charge in [-0.3, -0.25) is 0 Å². The first-order chi connectivity index (χ1) is 42.1. The van der Waals surface area contributed by atoms with Crippen LogP contribution >= 0.6 is 0 Å². The van der Waals surface area contributed by atoms with Crippen LogP contribution in [0, 0.1) is 0 Å². The summed E-state index contributed by atoms with van der Waals surface area (Å²) in [5.74, 6) is 0. The van der Waals surface area contributed by atoms with E-state index in [4.69, 9.17) is 66.3 Å². The molecule has 27 N–H and O–H groups in total. The van der Waals surface area contributed by atoms with Crippen molar-refractivity contribution in [1.29, 1.82) is 0 Å². The summed E-state index contributed by atoms with van der Waals surface area (Å²) in [6, 6.07) is 0. The van der Waals surface area contributed by atoms with Crippen molar-refractivity contribution in [1.82, 2.24) is 0 Å². The van der Waals surface area contributed by atoms with Crippen LogP contribution in [0.15, 0.2) is 0 Å². The van der Waals surface area contributed by atoms with Crippen molar-refractivity contribution in [3.8, 4) is 0 Å². The van der Waals surface area contributed by atoms with E-state index in [-0.39, 0.29) is 0 Å². The van der Waals surface area contributed by atoms with Crippen molar-refractivity contribution >= 4 is 0 Å². The van der Waals surface area contributed by atoms with Crippen LogP contribution in [0.4, 0.5) is 0 Å². The standard InChI is InChI=1S/C48H84O41/c49-1-10(56)19(58)37(11(57)2-50)85-46-34(73)27(66)39(14(5-53)80-46)86-45-32(71)25(64)22(61)18(84-45)9-77-43-33(72)26(65)38(13(4-52)79-43)88-47-36(75)29(68)41(16(7-55)82-47)89-48-35(74)28(67)40(15(6-54)81-48)87-44-31(70)24(63)21(60)17(83-44)8-76-42-30(69)23(62)20(59)12(3-51)78-42/h10-75H,1-9H2/t10-,11+,12+,13+,14+,15+,16+,17+,18+,19+,20+,21+,22+,23-,24-,25-,26+,27+,28+,29+,30+,31+,32+,33+,34+,35+,36+,37+,38+,39+,40+,41+,42-,43-,44+,45+,46+,47+,48+/m0/s1. The highest BCUT2D eigenvalue weighted by Gasteiger charge is 2.58.